The molecular formula is C12H19NO2. The fraction of sp³-hybridized carbons (Fsp3) is 0.500. The van der Waals surface area contributed by atoms with Crippen molar-refractivity contribution in [2.75, 3.05) is 13.7 Å². The summed E-state index contributed by atoms with van der Waals surface area (Å²) >= 11 is 0. The summed E-state index contributed by atoms with van der Waals surface area (Å²) in [6.45, 7) is 5.34. The van der Waals surface area contributed by atoms with E-state index in [1.54, 1.807) is 7.11 Å². The molecule has 0 unspecified atom stereocenters. The van der Waals surface area contributed by atoms with Crippen LogP contribution < -0.4 is 5.90 Å². The molecule has 1 aromatic rings. The smallest absolute Gasteiger partial charge is 0.0770 e. The minimum absolute atomic E-state index is 0.0709. The second-order valence-corrected chi connectivity index (χ2v) is 4.33. The molecule has 1 rings (SSSR count). The summed E-state index contributed by atoms with van der Waals surface area (Å²) in [5.74, 6) is 5.12. The summed E-state index contributed by atoms with van der Waals surface area (Å²) in [7, 11) is 1.70. The van der Waals surface area contributed by atoms with Crippen molar-refractivity contribution in [3.8, 4) is 0 Å². The van der Waals surface area contributed by atoms with E-state index in [1.807, 2.05) is 12.1 Å². The highest BCUT2D eigenvalue weighted by atomic mass is 16.6. The van der Waals surface area contributed by atoms with Crippen LogP contribution in [-0.2, 0) is 21.6 Å². The molecule has 3 nitrogen and oxygen atoms in total. The fourth-order valence-corrected chi connectivity index (χ4v) is 1.54. The van der Waals surface area contributed by atoms with Gasteiger partial charge in [0.15, 0.2) is 0 Å². The van der Waals surface area contributed by atoms with Crippen LogP contribution in [0, 0.1) is 0 Å². The Morgan fingerprint density at radius 2 is 2.07 bits per heavy atom. The molecule has 0 bridgehead atoms. The van der Waals surface area contributed by atoms with Gasteiger partial charge in [0.2, 0.25) is 0 Å². The van der Waals surface area contributed by atoms with Crippen LogP contribution in [0.1, 0.15) is 25.0 Å². The Morgan fingerprint density at radius 3 is 2.67 bits per heavy atom. The number of hydrogen-bond donors (Lipinski definition) is 1. The minimum Gasteiger partial charge on any atom is -0.380 e. The van der Waals surface area contributed by atoms with E-state index in [0.717, 1.165) is 0 Å². The van der Waals surface area contributed by atoms with E-state index in [-0.39, 0.29) is 5.41 Å². The first-order chi connectivity index (χ1) is 7.10. The average Bonchev–Trinajstić information content (AvgIpc) is 2.19. The summed E-state index contributed by atoms with van der Waals surface area (Å²) in [5.41, 5.74) is 2.31. The Balaban J connectivity index is 2.88. The van der Waals surface area contributed by atoms with E-state index in [9.17, 15) is 0 Å². The second kappa shape index (κ2) is 5.26. The molecule has 0 fully saturated rings. The third-order valence-electron chi connectivity index (χ3n) is 2.46. The third kappa shape index (κ3) is 3.30. The van der Waals surface area contributed by atoms with Crippen LogP contribution in [0.15, 0.2) is 24.3 Å². The average molecular weight is 209 g/mol. The monoisotopic (exact) mass is 209 g/mol. The van der Waals surface area contributed by atoms with Crippen molar-refractivity contribution in [2.45, 2.75) is 25.9 Å². The zero-order valence-corrected chi connectivity index (χ0v) is 9.62. The van der Waals surface area contributed by atoms with Crippen molar-refractivity contribution in [1.82, 2.24) is 0 Å². The molecule has 2 N–H and O–H groups in total. The number of nitrogens with two attached hydrogens (primary N) is 1. The normalized spacial score (nSPS) is 11.7. The highest BCUT2D eigenvalue weighted by molar-refractivity contribution is 5.29. The number of benzene rings is 1. The van der Waals surface area contributed by atoms with Crippen molar-refractivity contribution in [1.29, 1.82) is 0 Å². The Hall–Kier alpha value is -0.900. The largest absolute Gasteiger partial charge is 0.380 e. The predicted molar refractivity (Wildman–Crippen MR) is 60.3 cm³/mol. The van der Waals surface area contributed by atoms with Gasteiger partial charge < -0.3 is 9.57 Å². The van der Waals surface area contributed by atoms with Crippen LogP contribution in [0.4, 0.5) is 0 Å². The minimum atomic E-state index is -0.0709. The van der Waals surface area contributed by atoms with Gasteiger partial charge >= 0.3 is 0 Å². The number of ether oxygens (including phenoxy) is 1. The molecule has 0 aliphatic heterocycles. The van der Waals surface area contributed by atoms with Gasteiger partial charge in [0, 0.05) is 12.5 Å². The zero-order chi connectivity index (χ0) is 11.3. The van der Waals surface area contributed by atoms with Crippen molar-refractivity contribution < 1.29 is 9.57 Å². The molecular weight excluding hydrogens is 190 g/mol. The van der Waals surface area contributed by atoms with Gasteiger partial charge in [-0.1, -0.05) is 38.1 Å². The van der Waals surface area contributed by atoms with Crippen LogP contribution >= 0.6 is 0 Å². The Labute approximate surface area is 91.1 Å². The van der Waals surface area contributed by atoms with Gasteiger partial charge in [-0.15, -0.1) is 0 Å². The first-order valence-corrected chi connectivity index (χ1v) is 5.00. The first kappa shape index (κ1) is 12.2. The fourth-order valence-electron chi connectivity index (χ4n) is 1.54. The molecule has 0 aliphatic rings. The summed E-state index contributed by atoms with van der Waals surface area (Å²) in [4.78, 5) is 4.73. The first-order valence-electron chi connectivity index (χ1n) is 5.00. The molecule has 0 saturated heterocycles. The van der Waals surface area contributed by atoms with E-state index in [0.29, 0.717) is 13.2 Å². The van der Waals surface area contributed by atoms with Gasteiger partial charge in [0.1, 0.15) is 0 Å². The SMILES string of the molecule is COCc1cccc(C(C)(C)CON)c1. The number of hydrogen-bond acceptors (Lipinski definition) is 3. The lowest BCUT2D eigenvalue weighted by Gasteiger charge is -2.24. The molecule has 84 valence electrons. The Bertz CT molecular complexity index is 310. The lowest BCUT2D eigenvalue weighted by molar-refractivity contribution is 0.0963. The maximum atomic E-state index is 5.12. The maximum absolute atomic E-state index is 5.12. The van der Waals surface area contributed by atoms with Gasteiger partial charge in [-0.25, -0.2) is 5.90 Å². The lowest BCUT2D eigenvalue weighted by Crippen LogP contribution is -2.26. The van der Waals surface area contributed by atoms with Crippen LogP contribution in [-0.4, -0.2) is 13.7 Å². The lowest BCUT2D eigenvalue weighted by atomic mass is 9.85. The Morgan fingerprint density at radius 1 is 1.33 bits per heavy atom. The molecule has 1 aromatic carbocycles. The third-order valence-corrected chi connectivity index (χ3v) is 2.46. The van der Waals surface area contributed by atoms with Gasteiger partial charge in [-0.3, -0.25) is 0 Å². The van der Waals surface area contributed by atoms with Gasteiger partial charge in [0.05, 0.1) is 13.2 Å². The highest BCUT2D eigenvalue weighted by Gasteiger charge is 2.20. The number of rotatable bonds is 5. The molecule has 3 heteroatoms. The molecule has 0 amide bonds. The van der Waals surface area contributed by atoms with E-state index in [1.165, 1.54) is 11.1 Å². The second-order valence-electron chi connectivity index (χ2n) is 4.33. The van der Waals surface area contributed by atoms with Crippen LogP contribution in [0.3, 0.4) is 0 Å². The van der Waals surface area contributed by atoms with E-state index in [2.05, 4.69) is 26.0 Å². The molecule has 0 heterocycles. The van der Waals surface area contributed by atoms with Crippen LogP contribution in [0.25, 0.3) is 0 Å². The summed E-state index contributed by atoms with van der Waals surface area (Å²) in [6, 6.07) is 8.29. The standard InChI is InChI=1S/C12H19NO2/c1-12(2,9-15-13)11-6-4-5-10(7-11)8-14-3/h4-7H,8-9,13H2,1-3H3. The molecule has 0 spiro atoms. The molecule has 0 aromatic heterocycles. The predicted octanol–water partition coefficient (Wildman–Crippen LogP) is 2.00. The zero-order valence-electron chi connectivity index (χ0n) is 9.62. The molecule has 0 radical (unpaired) electrons. The summed E-state index contributed by atoms with van der Waals surface area (Å²) < 4.78 is 5.10. The van der Waals surface area contributed by atoms with Crippen molar-refractivity contribution in [3.05, 3.63) is 35.4 Å². The van der Waals surface area contributed by atoms with Crippen LogP contribution in [0.2, 0.25) is 0 Å². The van der Waals surface area contributed by atoms with Crippen molar-refractivity contribution in [2.24, 2.45) is 5.90 Å². The summed E-state index contributed by atoms with van der Waals surface area (Å²) in [6.07, 6.45) is 0. The van der Waals surface area contributed by atoms with Gasteiger partial charge in [0.25, 0.3) is 0 Å². The van der Waals surface area contributed by atoms with Gasteiger partial charge in [-0.2, -0.15) is 0 Å². The van der Waals surface area contributed by atoms with Crippen molar-refractivity contribution >= 4 is 0 Å². The Kier molecular flexibility index (Phi) is 4.27. The quantitative estimate of drug-likeness (QED) is 0.754. The maximum Gasteiger partial charge on any atom is 0.0770 e. The topological polar surface area (TPSA) is 44.5 Å². The molecule has 15 heavy (non-hydrogen) atoms. The van der Waals surface area contributed by atoms with Crippen LogP contribution in [0.5, 0.6) is 0 Å². The van der Waals surface area contributed by atoms with E-state index >= 15 is 0 Å². The molecule has 0 aliphatic carbocycles. The molecule has 0 saturated carbocycles. The van der Waals surface area contributed by atoms with E-state index in [4.69, 9.17) is 15.5 Å². The van der Waals surface area contributed by atoms with E-state index < -0.39 is 0 Å². The highest BCUT2D eigenvalue weighted by Crippen LogP contribution is 2.24. The van der Waals surface area contributed by atoms with Crippen molar-refractivity contribution in [3.63, 3.8) is 0 Å². The molecule has 0 atom stereocenters. The van der Waals surface area contributed by atoms with Gasteiger partial charge in [-0.05, 0) is 11.1 Å². The number of methoxy groups -OCH3 is 1. The summed E-state index contributed by atoms with van der Waals surface area (Å²) in [5, 5.41) is 0.